The number of hydrogen-bond donors (Lipinski definition) is 2. The zero-order valence-corrected chi connectivity index (χ0v) is 14.6. The van der Waals surface area contributed by atoms with E-state index in [0.717, 1.165) is 0 Å². The average molecular weight is 363 g/mol. The van der Waals surface area contributed by atoms with Gasteiger partial charge in [0.05, 0.1) is 30.4 Å². The third-order valence-electron chi connectivity index (χ3n) is 3.72. The van der Waals surface area contributed by atoms with Crippen LogP contribution in [0.1, 0.15) is 11.6 Å². The molecule has 0 radical (unpaired) electrons. The molecule has 0 aliphatic carbocycles. The van der Waals surface area contributed by atoms with E-state index >= 15 is 0 Å². The van der Waals surface area contributed by atoms with Crippen LogP contribution in [0.2, 0.25) is 0 Å². The molecule has 0 aliphatic heterocycles. The molecule has 9 heteroatoms. The van der Waals surface area contributed by atoms with E-state index in [2.05, 4.69) is 30.6 Å². The lowest BCUT2D eigenvalue weighted by atomic mass is 10.1. The van der Waals surface area contributed by atoms with Crippen LogP contribution in [0.3, 0.4) is 0 Å². The van der Waals surface area contributed by atoms with Gasteiger partial charge in [0.25, 0.3) is 0 Å². The van der Waals surface area contributed by atoms with Gasteiger partial charge in [-0.2, -0.15) is 5.26 Å². The summed E-state index contributed by atoms with van der Waals surface area (Å²) in [7, 11) is 1.24. The normalized spacial score (nSPS) is 11.4. The number of para-hydroxylation sites is 2. The van der Waals surface area contributed by atoms with Crippen molar-refractivity contribution in [3.05, 3.63) is 48.5 Å². The minimum Gasteiger partial charge on any atom is -0.468 e. The van der Waals surface area contributed by atoms with Crippen molar-refractivity contribution in [1.82, 2.24) is 19.9 Å². The molecule has 1 unspecified atom stereocenters. The van der Waals surface area contributed by atoms with Gasteiger partial charge in [-0.05, 0) is 12.1 Å². The zero-order chi connectivity index (χ0) is 19.1. The Morgan fingerprint density at radius 3 is 2.59 bits per heavy atom. The topological polar surface area (TPSA) is 126 Å². The minimum atomic E-state index is -1.16. The molecule has 136 valence electrons. The molecule has 0 saturated heterocycles. The van der Waals surface area contributed by atoms with Crippen LogP contribution in [0.5, 0.6) is 0 Å². The summed E-state index contributed by atoms with van der Waals surface area (Å²) in [5, 5.41) is 15.7. The number of anilines is 2. The molecule has 2 aromatic heterocycles. The molecule has 2 heterocycles. The monoisotopic (exact) mass is 363 g/mol. The van der Waals surface area contributed by atoms with Crippen LogP contribution < -0.4 is 10.6 Å². The second kappa shape index (κ2) is 8.53. The summed E-state index contributed by atoms with van der Waals surface area (Å²) in [5.41, 5.74) is 1.50. The van der Waals surface area contributed by atoms with Crippen molar-refractivity contribution >= 4 is 28.6 Å². The van der Waals surface area contributed by atoms with Crippen molar-refractivity contribution in [2.24, 2.45) is 0 Å². The Hall–Kier alpha value is -3.80. The standard InChI is InChI=1S/C18H17N7O2/c1-27-18(26)12(10-19)16-17(25-14-5-3-2-4-13(14)24-16)23-9-8-22-15-11-20-6-7-21-15/h2-7,11-12H,8-9H2,1H3,(H,21,22)(H,23,25). The Bertz CT molecular complexity index is 972. The van der Waals surface area contributed by atoms with Gasteiger partial charge < -0.3 is 15.4 Å². The number of carbonyl (C=O) groups excluding carboxylic acids is 1. The third kappa shape index (κ3) is 4.24. The molecular weight excluding hydrogens is 346 g/mol. The SMILES string of the molecule is COC(=O)C(C#N)c1nc2ccccc2nc1NCCNc1cnccn1. The molecule has 0 fully saturated rings. The number of fused-ring (bicyclic) bond motifs is 1. The highest BCUT2D eigenvalue weighted by molar-refractivity contribution is 5.84. The van der Waals surface area contributed by atoms with Crippen molar-refractivity contribution in [2.45, 2.75) is 5.92 Å². The number of nitrogens with zero attached hydrogens (tertiary/aromatic N) is 5. The first kappa shape index (κ1) is 18.0. The van der Waals surface area contributed by atoms with Gasteiger partial charge in [0.15, 0.2) is 11.7 Å². The van der Waals surface area contributed by atoms with Crippen LogP contribution in [-0.2, 0) is 9.53 Å². The highest BCUT2D eigenvalue weighted by atomic mass is 16.5. The predicted molar refractivity (Wildman–Crippen MR) is 98.9 cm³/mol. The van der Waals surface area contributed by atoms with Crippen molar-refractivity contribution in [3.8, 4) is 6.07 Å². The molecule has 9 nitrogen and oxygen atoms in total. The van der Waals surface area contributed by atoms with Gasteiger partial charge in [-0.3, -0.25) is 9.78 Å². The van der Waals surface area contributed by atoms with Gasteiger partial charge in [0.2, 0.25) is 0 Å². The van der Waals surface area contributed by atoms with Gasteiger partial charge in [-0.1, -0.05) is 12.1 Å². The first-order valence-electron chi connectivity index (χ1n) is 8.21. The van der Waals surface area contributed by atoms with Gasteiger partial charge in [-0.25, -0.2) is 15.0 Å². The van der Waals surface area contributed by atoms with E-state index in [1.807, 2.05) is 24.3 Å². The fourth-order valence-corrected chi connectivity index (χ4v) is 2.45. The van der Waals surface area contributed by atoms with E-state index in [1.54, 1.807) is 24.7 Å². The molecule has 27 heavy (non-hydrogen) atoms. The maximum atomic E-state index is 12.0. The van der Waals surface area contributed by atoms with Gasteiger partial charge in [0.1, 0.15) is 11.5 Å². The molecule has 1 atom stereocenters. The van der Waals surface area contributed by atoms with Crippen LogP contribution in [0, 0.1) is 11.3 Å². The van der Waals surface area contributed by atoms with Crippen molar-refractivity contribution in [3.63, 3.8) is 0 Å². The highest BCUT2D eigenvalue weighted by Crippen LogP contribution is 2.24. The van der Waals surface area contributed by atoms with E-state index in [-0.39, 0.29) is 5.69 Å². The van der Waals surface area contributed by atoms with Crippen LogP contribution in [0.4, 0.5) is 11.6 Å². The number of benzene rings is 1. The molecule has 0 aliphatic rings. The number of carbonyl (C=O) groups is 1. The van der Waals surface area contributed by atoms with E-state index in [9.17, 15) is 10.1 Å². The fourth-order valence-electron chi connectivity index (χ4n) is 2.45. The molecule has 1 aromatic carbocycles. The Morgan fingerprint density at radius 2 is 1.93 bits per heavy atom. The van der Waals surface area contributed by atoms with Crippen molar-refractivity contribution < 1.29 is 9.53 Å². The Labute approximate surface area is 155 Å². The molecule has 0 saturated carbocycles. The van der Waals surface area contributed by atoms with Gasteiger partial charge in [0, 0.05) is 25.5 Å². The number of ether oxygens (including phenoxy) is 1. The fraction of sp³-hybridized carbons (Fsp3) is 0.222. The molecule has 3 aromatic rings. The first-order chi connectivity index (χ1) is 13.2. The van der Waals surface area contributed by atoms with Crippen LogP contribution in [-0.4, -0.2) is 46.1 Å². The van der Waals surface area contributed by atoms with Crippen LogP contribution >= 0.6 is 0 Å². The first-order valence-corrected chi connectivity index (χ1v) is 8.21. The van der Waals surface area contributed by atoms with Crippen LogP contribution in [0.15, 0.2) is 42.9 Å². The highest BCUT2D eigenvalue weighted by Gasteiger charge is 2.27. The number of aromatic nitrogens is 4. The number of rotatable bonds is 7. The van der Waals surface area contributed by atoms with Gasteiger partial charge >= 0.3 is 5.97 Å². The smallest absolute Gasteiger partial charge is 0.329 e. The van der Waals surface area contributed by atoms with E-state index in [4.69, 9.17) is 4.74 Å². The van der Waals surface area contributed by atoms with Crippen molar-refractivity contribution in [2.75, 3.05) is 30.8 Å². The number of hydrogen-bond acceptors (Lipinski definition) is 9. The third-order valence-corrected chi connectivity index (χ3v) is 3.72. The number of nitriles is 1. The van der Waals surface area contributed by atoms with E-state index in [0.29, 0.717) is 35.8 Å². The van der Waals surface area contributed by atoms with E-state index in [1.165, 1.54) is 7.11 Å². The molecule has 2 N–H and O–H groups in total. The Balaban J connectivity index is 1.82. The summed E-state index contributed by atoms with van der Waals surface area (Å²) in [6.07, 6.45) is 4.80. The second-order valence-corrected chi connectivity index (χ2v) is 5.48. The molecular formula is C18H17N7O2. The lowest BCUT2D eigenvalue weighted by molar-refractivity contribution is -0.141. The molecule has 0 bridgehead atoms. The molecule has 0 amide bonds. The number of esters is 1. The summed E-state index contributed by atoms with van der Waals surface area (Å²) in [4.78, 5) is 29.1. The summed E-state index contributed by atoms with van der Waals surface area (Å²) in [6.45, 7) is 0.998. The summed E-state index contributed by atoms with van der Waals surface area (Å²) < 4.78 is 4.72. The summed E-state index contributed by atoms with van der Waals surface area (Å²) in [5.74, 6) is -0.828. The van der Waals surface area contributed by atoms with E-state index < -0.39 is 11.9 Å². The number of methoxy groups -OCH3 is 1. The summed E-state index contributed by atoms with van der Waals surface area (Å²) in [6, 6.07) is 9.19. The second-order valence-electron chi connectivity index (χ2n) is 5.48. The maximum absolute atomic E-state index is 12.0. The lowest BCUT2D eigenvalue weighted by Crippen LogP contribution is -2.20. The van der Waals surface area contributed by atoms with Crippen molar-refractivity contribution in [1.29, 1.82) is 5.26 Å². The minimum absolute atomic E-state index is 0.238. The zero-order valence-electron chi connectivity index (χ0n) is 14.6. The summed E-state index contributed by atoms with van der Waals surface area (Å²) >= 11 is 0. The number of nitrogens with one attached hydrogen (secondary N) is 2. The maximum Gasteiger partial charge on any atom is 0.329 e. The Morgan fingerprint density at radius 1 is 1.19 bits per heavy atom. The Kier molecular flexibility index (Phi) is 5.69. The molecule has 3 rings (SSSR count). The average Bonchev–Trinajstić information content (AvgIpc) is 2.72. The van der Waals surface area contributed by atoms with Crippen LogP contribution in [0.25, 0.3) is 11.0 Å². The predicted octanol–water partition coefficient (Wildman–Crippen LogP) is 1.72. The largest absolute Gasteiger partial charge is 0.468 e. The lowest BCUT2D eigenvalue weighted by Gasteiger charge is -2.14. The molecule has 0 spiro atoms. The van der Waals surface area contributed by atoms with Gasteiger partial charge in [-0.15, -0.1) is 0 Å². The quantitative estimate of drug-likeness (QED) is 0.476.